The summed E-state index contributed by atoms with van der Waals surface area (Å²) in [6.07, 6.45) is 0. The first-order valence-corrected chi connectivity index (χ1v) is 7.19. The van der Waals surface area contributed by atoms with E-state index in [-0.39, 0.29) is 12.5 Å². The first kappa shape index (κ1) is 14.6. The minimum atomic E-state index is -0.0992. The van der Waals surface area contributed by atoms with Crippen molar-refractivity contribution < 1.29 is 9.53 Å². The Labute approximate surface area is 131 Å². The first-order valence-electron chi connectivity index (χ1n) is 6.11. The predicted molar refractivity (Wildman–Crippen MR) is 89.3 cm³/mol. The topological polar surface area (TPSA) is 50.4 Å². The van der Waals surface area contributed by atoms with Crippen LogP contribution in [0.5, 0.6) is 5.75 Å². The maximum Gasteiger partial charge on any atom is 0.243 e. The SMILES string of the molecule is COc1ccccc1NCC(=O)Nc1cccc(I)c1. The van der Waals surface area contributed by atoms with Crippen LogP contribution in [0.1, 0.15) is 0 Å². The van der Waals surface area contributed by atoms with Crippen LogP contribution in [0.15, 0.2) is 48.5 Å². The minimum Gasteiger partial charge on any atom is -0.495 e. The summed E-state index contributed by atoms with van der Waals surface area (Å²) in [5.41, 5.74) is 1.59. The van der Waals surface area contributed by atoms with Crippen molar-refractivity contribution >= 4 is 39.9 Å². The fourth-order valence-electron chi connectivity index (χ4n) is 1.74. The number of benzene rings is 2. The summed E-state index contributed by atoms with van der Waals surface area (Å²) in [6.45, 7) is 0.186. The van der Waals surface area contributed by atoms with Gasteiger partial charge in [0.15, 0.2) is 0 Å². The molecule has 0 aliphatic rings. The lowest BCUT2D eigenvalue weighted by Crippen LogP contribution is -2.21. The molecule has 2 aromatic carbocycles. The predicted octanol–water partition coefficient (Wildman–Crippen LogP) is 3.35. The molecule has 0 heterocycles. The molecule has 104 valence electrons. The summed E-state index contributed by atoms with van der Waals surface area (Å²) in [5.74, 6) is 0.618. The molecular formula is C15H15IN2O2. The molecule has 2 aromatic rings. The third kappa shape index (κ3) is 4.12. The number of rotatable bonds is 5. The normalized spacial score (nSPS) is 9.90. The lowest BCUT2D eigenvalue weighted by Gasteiger charge is -2.11. The lowest BCUT2D eigenvalue weighted by atomic mass is 10.3. The molecule has 2 rings (SSSR count). The van der Waals surface area contributed by atoms with Gasteiger partial charge in [0.2, 0.25) is 5.91 Å². The Kier molecular flexibility index (Phi) is 5.23. The Balaban J connectivity index is 1.92. The van der Waals surface area contributed by atoms with Crippen LogP contribution >= 0.6 is 22.6 Å². The van der Waals surface area contributed by atoms with Crippen molar-refractivity contribution in [2.75, 3.05) is 24.3 Å². The maximum absolute atomic E-state index is 11.9. The third-order valence-electron chi connectivity index (χ3n) is 2.65. The van der Waals surface area contributed by atoms with E-state index in [9.17, 15) is 4.79 Å². The summed E-state index contributed by atoms with van der Waals surface area (Å²) < 4.78 is 6.30. The number of carbonyl (C=O) groups excluding carboxylic acids is 1. The monoisotopic (exact) mass is 382 g/mol. The zero-order chi connectivity index (χ0) is 14.4. The molecule has 0 atom stereocenters. The van der Waals surface area contributed by atoms with Gasteiger partial charge in [-0.25, -0.2) is 0 Å². The second kappa shape index (κ2) is 7.14. The van der Waals surface area contributed by atoms with Crippen LogP contribution in [0.2, 0.25) is 0 Å². The summed E-state index contributed by atoms with van der Waals surface area (Å²) >= 11 is 2.21. The quantitative estimate of drug-likeness (QED) is 0.780. The van der Waals surface area contributed by atoms with Crippen LogP contribution in [-0.2, 0) is 4.79 Å². The van der Waals surface area contributed by atoms with Crippen LogP contribution in [0, 0.1) is 3.57 Å². The van der Waals surface area contributed by atoms with Gasteiger partial charge in [0.05, 0.1) is 19.3 Å². The molecule has 1 amide bonds. The van der Waals surface area contributed by atoms with Crippen molar-refractivity contribution in [1.29, 1.82) is 0 Å². The highest BCUT2D eigenvalue weighted by Gasteiger charge is 2.05. The molecule has 0 aliphatic carbocycles. The molecule has 0 saturated heterocycles. The number of halogens is 1. The van der Waals surface area contributed by atoms with Crippen molar-refractivity contribution in [1.82, 2.24) is 0 Å². The highest BCUT2D eigenvalue weighted by atomic mass is 127. The van der Waals surface area contributed by atoms with Gasteiger partial charge in [-0.15, -0.1) is 0 Å². The molecule has 0 bridgehead atoms. The minimum absolute atomic E-state index is 0.0992. The van der Waals surface area contributed by atoms with Crippen LogP contribution in [0.3, 0.4) is 0 Å². The standard InChI is InChI=1S/C15H15IN2O2/c1-20-14-8-3-2-7-13(14)17-10-15(19)18-12-6-4-5-11(16)9-12/h2-9,17H,10H2,1H3,(H,18,19). The molecule has 20 heavy (non-hydrogen) atoms. The lowest BCUT2D eigenvalue weighted by molar-refractivity contribution is -0.114. The molecule has 0 fully saturated rings. The largest absolute Gasteiger partial charge is 0.495 e. The van der Waals surface area contributed by atoms with Crippen molar-refractivity contribution in [2.24, 2.45) is 0 Å². The number of nitrogens with one attached hydrogen (secondary N) is 2. The maximum atomic E-state index is 11.9. The van der Waals surface area contributed by atoms with Gasteiger partial charge < -0.3 is 15.4 Å². The van der Waals surface area contributed by atoms with Gasteiger partial charge in [0, 0.05) is 9.26 Å². The van der Waals surface area contributed by atoms with Crippen LogP contribution in [-0.4, -0.2) is 19.6 Å². The van der Waals surface area contributed by atoms with Gasteiger partial charge in [-0.2, -0.15) is 0 Å². The van der Waals surface area contributed by atoms with Crippen molar-refractivity contribution in [3.8, 4) is 5.75 Å². The Bertz CT molecular complexity index is 602. The van der Waals surface area contributed by atoms with Crippen LogP contribution < -0.4 is 15.4 Å². The summed E-state index contributed by atoms with van der Waals surface area (Å²) in [6, 6.07) is 15.2. The van der Waals surface area contributed by atoms with E-state index in [2.05, 4.69) is 33.2 Å². The molecular weight excluding hydrogens is 367 g/mol. The molecule has 0 unspecified atom stereocenters. The van der Waals surface area contributed by atoms with Crippen LogP contribution in [0.4, 0.5) is 11.4 Å². The molecule has 0 radical (unpaired) electrons. The fourth-order valence-corrected chi connectivity index (χ4v) is 2.28. The Morgan fingerprint density at radius 2 is 2.00 bits per heavy atom. The van der Waals surface area contributed by atoms with Gasteiger partial charge in [0.25, 0.3) is 0 Å². The number of hydrogen-bond donors (Lipinski definition) is 2. The number of ether oxygens (including phenoxy) is 1. The Hall–Kier alpha value is -1.76. The number of methoxy groups -OCH3 is 1. The number of hydrogen-bond acceptors (Lipinski definition) is 3. The van der Waals surface area contributed by atoms with Gasteiger partial charge in [-0.05, 0) is 52.9 Å². The van der Waals surface area contributed by atoms with E-state index in [1.807, 2.05) is 48.5 Å². The van der Waals surface area contributed by atoms with E-state index in [4.69, 9.17) is 4.74 Å². The molecule has 0 aliphatic heterocycles. The van der Waals surface area contributed by atoms with E-state index < -0.39 is 0 Å². The fraction of sp³-hybridized carbons (Fsp3) is 0.133. The Morgan fingerprint density at radius 1 is 1.20 bits per heavy atom. The molecule has 0 aromatic heterocycles. The average molecular weight is 382 g/mol. The number of para-hydroxylation sites is 2. The van der Waals surface area contributed by atoms with E-state index in [0.29, 0.717) is 0 Å². The summed E-state index contributed by atoms with van der Waals surface area (Å²) in [4.78, 5) is 11.9. The van der Waals surface area contributed by atoms with Crippen molar-refractivity contribution in [2.45, 2.75) is 0 Å². The van der Waals surface area contributed by atoms with E-state index >= 15 is 0 Å². The summed E-state index contributed by atoms with van der Waals surface area (Å²) in [5, 5.41) is 5.90. The van der Waals surface area contributed by atoms with E-state index in [0.717, 1.165) is 20.7 Å². The van der Waals surface area contributed by atoms with Crippen LogP contribution in [0.25, 0.3) is 0 Å². The average Bonchev–Trinajstić information content (AvgIpc) is 2.45. The van der Waals surface area contributed by atoms with E-state index in [1.165, 1.54) is 0 Å². The van der Waals surface area contributed by atoms with Gasteiger partial charge in [-0.1, -0.05) is 18.2 Å². The van der Waals surface area contributed by atoms with Gasteiger partial charge in [0.1, 0.15) is 5.75 Å². The van der Waals surface area contributed by atoms with E-state index in [1.54, 1.807) is 7.11 Å². The number of carbonyl (C=O) groups is 1. The first-order chi connectivity index (χ1) is 9.69. The number of amides is 1. The molecule has 4 nitrogen and oxygen atoms in total. The zero-order valence-corrected chi connectivity index (χ0v) is 13.2. The highest BCUT2D eigenvalue weighted by Crippen LogP contribution is 2.22. The number of anilines is 2. The Morgan fingerprint density at radius 3 is 2.75 bits per heavy atom. The second-order valence-electron chi connectivity index (χ2n) is 4.11. The molecule has 0 spiro atoms. The molecule has 0 saturated carbocycles. The van der Waals surface area contributed by atoms with Crippen molar-refractivity contribution in [3.05, 3.63) is 52.1 Å². The van der Waals surface area contributed by atoms with Gasteiger partial charge in [-0.3, -0.25) is 4.79 Å². The van der Waals surface area contributed by atoms with Gasteiger partial charge >= 0.3 is 0 Å². The smallest absolute Gasteiger partial charge is 0.243 e. The summed E-state index contributed by atoms with van der Waals surface area (Å²) in [7, 11) is 1.60. The molecule has 2 N–H and O–H groups in total. The highest BCUT2D eigenvalue weighted by molar-refractivity contribution is 14.1. The second-order valence-corrected chi connectivity index (χ2v) is 5.36. The van der Waals surface area contributed by atoms with Crippen molar-refractivity contribution in [3.63, 3.8) is 0 Å². The molecule has 5 heteroatoms. The third-order valence-corrected chi connectivity index (χ3v) is 3.33. The zero-order valence-electron chi connectivity index (χ0n) is 11.0.